The van der Waals surface area contributed by atoms with Crippen LogP contribution in [0.2, 0.25) is 0 Å². The molecule has 2 atom stereocenters. The number of nitro benzene ring substituents is 1. The van der Waals surface area contributed by atoms with Gasteiger partial charge in [0.2, 0.25) is 5.82 Å². The van der Waals surface area contributed by atoms with Gasteiger partial charge in [0.25, 0.3) is 0 Å². The maximum atomic E-state index is 13.4. The van der Waals surface area contributed by atoms with Crippen molar-refractivity contribution in [2.24, 2.45) is 5.92 Å². The van der Waals surface area contributed by atoms with Crippen molar-refractivity contribution >= 4 is 17.3 Å². The van der Waals surface area contributed by atoms with E-state index in [4.69, 9.17) is 5.11 Å². The fourth-order valence-electron chi connectivity index (χ4n) is 2.42. The van der Waals surface area contributed by atoms with Gasteiger partial charge < -0.3 is 10.4 Å². The maximum absolute atomic E-state index is 13.4. The molecule has 8 heteroatoms. The third-order valence-electron chi connectivity index (χ3n) is 3.35. The summed E-state index contributed by atoms with van der Waals surface area (Å²) in [7, 11) is 0. The molecule has 0 heterocycles. The molecule has 0 saturated heterocycles. The van der Waals surface area contributed by atoms with Crippen molar-refractivity contribution in [3.63, 3.8) is 0 Å². The number of carbonyl (C=O) groups is 1. The Morgan fingerprint density at radius 2 is 2.10 bits per heavy atom. The summed E-state index contributed by atoms with van der Waals surface area (Å²) in [6.07, 6.45) is 1.18. The lowest BCUT2D eigenvalue weighted by molar-refractivity contribution is -0.386. The lowest BCUT2D eigenvalue weighted by Gasteiger charge is -2.14. The summed E-state index contributed by atoms with van der Waals surface area (Å²) in [6.45, 7) is 0. The number of nitrogens with zero attached hydrogens (tertiary/aromatic N) is 1. The van der Waals surface area contributed by atoms with Gasteiger partial charge in [0.15, 0.2) is 0 Å². The molecule has 6 nitrogen and oxygen atoms in total. The Bertz CT molecular complexity index is 565. The zero-order chi connectivity index (χ0) is 14.9. The normalized spacial score (nSPS) is 21.7. The zero-order valence-electron chi connectivity index (χ0n) is 10.3. The van der Waals surface area contributed by atoms with Crippen LogP contribution in [0.5, 0.6) is 0 Å². The summed E-state index contributed by atoms with van der Waals surface area (Å²) in [6, 6.07) is 0.934. The summed E-state index contributed by atoms with van der Waals surface area (Å²) in [5.74, 6) is -3.66. The van der Waals surface area contributed by atoms with Crippen LogP contribution in [0.15, 0.2) is 12.1 Å². The second kappa shape index (κ2) is 5.40. The van der Waals surface area contributed by atoms with E-state index >= 15 is 0 Å². The second-order valence-electron chi connectivity index (χ2n) is 4.73. The van der Waals surface area contributed by atoms with Crippen molar-refractivity contribution in [3.05, 3.63) is 33.9 Å². The van der Waals surface area contributed by atoms with Crippen LogP contribution in [0.1, 0.15) is 19.3 Å². The highest BCUT2D eigenvalue weighted by Gasteiger charge is 2.31. The van der Waals surface area contributed by atoms with Crippen LogP contribution in [0.25, 0.3) is 0 Å². The zero-order valence-corrected chi connectivity index (χ0v) is 10.3. The van der Waals surface area contributed by atoms with Gasteiger partial charge in [0, 0.05) is 18.2 Å². The van der Waals surface area contributed by atoms with E-state index in [-0.39, 0.29) is 18.2 Å². The Hall–Kier alpha value is -2.25. The minimum absolute atomic E-state index is 0.261. The number of nitrogens with one attached hydrogen (secondary N) is 1. The molecule has 0 radical (unpaired) electrons. The second-order valence-corrected chi connectivity index (χ2v) is 4.73. The number of hydrogen-bond donors (Lipinski definition) is 2. The standard InChI is InChI=1S/C12H12F2N2O4/c13-7-4-9(14)11(16(19)20)10(5-7)15-8-2-1-6(3-8)12(17)18/h4-6,8,15H,1-3H2,(H,17,18)/t6-,8+/m1/s1. The number of benzene rings is 1. The number of carboxylic acids is 1. The van der Waals surface area contributed by atoms with E-state index in [0.717, 1.165) is 6.07 Å². The maximum Gasteiger partial charge on any atom is 0.327 e. The van der Waals surface area contributed by atoms with Gasteiger partial charge in [0.1, 0.15) is 11.5 Å². The molecule has 2 rings (SSSR count). The van der Waals surface area contributed by atoms with Crippen LogP contribution in [0.3, 0.4) is 0 Å². The number of aliphatic carboxylic acids is 1. The van der Waals surface area contributed by atoms with Crippen LogP contribution in [0, 0.1) is 27.7 Å². The van der Waals surface area contributed by atoms with E-state index in [9.17, 15) is 23.7 Å². The first-order valence-corrected chi connectivity index (χ1v) is 6.01. The molecule has 1 saturated carbocycles. The highest BCUT2D eigenvalue weighted by molar-refractivity contribution is 5.71. The first-order valence-electron chi connectivity index (χ1n) is 6.01. The van der Waals surface area contributed by atoms with Crippen molar-refractivity contribution < 1.29 is 23.6 Å². The molecule has 0 aliphatic heterocycles. The molecule has 1 fully saturated rings. The molecule has 20 heavy (non-hydrogen) atoms. The van der Waals surface area contributed by atoms with Gasteiger partial charge in [-0.15, -0.1) is 0 Å². The number of carboxylic acid groups (broad SMARTS) is 1. The number of halogens is 2. The van der Waals surface area contributed by atoms with Crippen molar-refractivity contribution in [1.82, 2.24) is 0 Å². The van der Waals surface area contributed by atoms with Crippen molar-refractivity contribution in [1.29, 1.82) is 0 Å². The molecule has 2 N–H and O–H groups in total. The van der Waals surface area contributed by atoms with Crippen LogP contribution in [-0.4, -0.2) is 22.0 Å². The number of anilines is 1. The smallest absolute Gasteiger partial charge is 0.327 e. The summed E-state index contributed by atoms with van der Waals surface area (Å²) in [4.78, 5) is 20.7. The highest BCUT2D eigenvalue weighted by Crippen LogP contribution is 2.33. The molecule has 0 aromatic heterocycles. The van der Waals surface area contributed by atoms with E-state index in [1.165, 1.54) is 0 Å². The Morgan fingerprint density at radius 1 is 1.40 bits per heavy atom. The van der Waals surface area contributed by atoms with E-state index in [1.807, 2.05) is 0 Å². The Morgan fingerprint density at radius 3 is 2.65 bits per heavy atom. The third-order valence-corrected chi connectivity index (χ3v) is 3.35. The van der Waals surface area contributed by atoms with Crippen molar-refractivity contribution in [3.8, 4) is 0 Å². The minimum Gasteiger partial charge on any atom is -0.481 e. The fourth-order valence-corrected chi connectivity index (χ4v) is 2.42. The molecule has 0 spiro atoms. The van der Waals surface area contributed by atoms with E-state index < -0.39 is 34.1 Å². The number of nitro groups is 1. The van der Waals surface area contributed by atoms with Crippen LogP contribution >= 0.6 is 0 Å². The Labute approximate surface area is 112 Å². The third kappa shape index (κ3) is 2.84. The average molecular weight is 286 g/mol. The van der Waals surface area contributed by atoms with Gasteiger partial charge in [-0.05, 0) is 19.3 Å². The summed E-state index contributed by atoms with van der Waals surface area (Å²) in [5, 5.41) is 22.4. The van der Waals surface area contributed by atoms with Gasteiger partial charge in [-0.3, -0.25) is 14.9 Å². The fraction of sp³-hybridized carbons (Fsp3) is 0.417. The van der Waals surface area contributed by atoms with Crippen LogP contribution < -0.4 is 5.32 Å². The first-order chi connectivity index (χ1) is 9.38. The largest absolute Gasteiger partial charge is 0.481 e. The first kappa shape index (κ1) is 14.2. The molecule has 0 unspecified atom stereocenters. The molecule has 0 bridgehead atoms. The summed E-state index contributed by atoms with van der Waals surface area (Å²) >= 11 is 0. The quantitative estimate of drug-likeness (QED) is 0.655. The topological polar surface area (TPSA) is 92.5 Å². The lowest BCUT2D eigenvalue weighted by Crippen LogP contribution is -2.19. The molecule has 1 aliphatic rings. The van der Waals surface area contributed by atoms with Gasteiger partial charge in [-0.25, -0.2) is 4.39 Å². The summed E-state index contributed by atoms with van der Waals surface area (Å²) < 4.78 is 26.6. The van der Waals surface area contributed by atoms with E-state index in [1.54, 1.807) is 0 Å². The molecule has 108 valence electrons. The monoisotopic (exact) mass is 286 g/mol. The Kier molecular flexibility index (Phi) is 3.82. The Balaban J connectivity index is 2.21. The van der Waals surface area contributed by atoms with Gasteiger partial charge >= 0.3 is 11.7 Å². The van der Waals surface area contributed by atoms with E-state index in [0.29, 0.717) is 18.9 Å². The molecular formula is C12H12F2N2O4. The highest BCUT2D eigenvalue weighted by atomic mass is 19.1. The van der Waals surface area contributed by atoms with E-state index in [2.05, 4.69) is 5.32 Å². The van der Waals surface area contributed by atoms with Crippen molar-refractivity contribution in [2.45, 2.75) is 25.3 Å². The molecule has 1 aromatic rings. The predicted molar refractivity (Wildman–Crippen MR) is 65.4 cm³/mol. The molecule has 1 aliphatic carbocycles. The van der Waals surface area contributed by atoms with Crippen molar-refractivity contribution in [2.75, 3.05) is 5.32 Å². The average Bonchev–Trinajstić information content (AvgIpc) is 2.75. The predicted octanol–water partition coefficient (Wildman–Crippen LogP) is 2.54. The molecular weight excluding hydrogens is 274 g/mol. The lowest BCUT2D eigenvalue weighted by atomic mass is 10.1. The van der Waals surface area contributed by atoms with Gasteiger partial charge in [0.05, 0.1) is 10.8 Å². The molecule has 0 amide bonds. The molecule has 1 aromatic carbocycles. The van der Waals surface area contributed by atoms with Crippen LogP contribution in [0.4, 0.5) is 20.2 Å². The minimum atomic E-state index is -1.26. The SMILES string of the molecule is O=C(O)[C@@H]1CC[C@H](Nc2cc(F)cc(F)c2[N+](=O)[O-])C1. The number of rotatable bonds is 4. The summed E-state index contributed by atoms with van der Waals surface area (Å²) in [5.41, 5.74) is -1.09. The van der Waals surface area contributed by atoms with Gasteiger partial charge in [-0.2, -0.15) is 4.39 Å². The number of hydrogen-bond acceptors (Lipinski definition) is 4. The van der Waals surface area contributed by atoms with Crippen LogP contribution in [-0.2, 0) is 4.79 Å². The van der Waals surface area contributed by atoms with Gasteiger partial charge in [-0.1, -0.05) is 0 Å².